The molecule has 0 radical (unpaired) electrons. The number of ketones is 1. The number of imidazole rings is 1. The summed E-state index contributed by atoms with van der Waals surface area (Å²) in [7, 11) is 0. The minimum Gasteiger partial charge on any atom is -0.494 e. The maximum Gasteiger partial charge on any atom is 0.173 e. The van der Waals surface area contributed by atoms with Crippen molar-refractivity contribution >= 4 is 17.5 Å². The van der Waals surface area contributed by atoms with Crippen molar-refractivity contribution in [3.05, 3.63) is 72.6 Å². The van der Waals surface area contributed by atoms with E-state index in [1.807, 2.05) is 60.2 Å². The van der Waals surface area contributed by atoms with Crippen LogP contribution in [0.25, 0.3) is 5.69 Å². The third-order valence-electron chi connectivity index (χ3n) is 3.46. The molecule has 1 heterocycles. The molecule has 2 aromatic carbocycles. The zero-order valence-electron chi connectivity index (χ0n) is 13.4. The first-order valence-electron chi connectivity index (χ1n) is 7.75. The molecule has 3 aromatic rings. The number of Topliss-reactive ketones (excluding diaryl/α,β-unsaturated/α-hetero) is 1. The van der Waals surface area contributed by atoms with E-state index >= 15 is 0 Å². The van der Waals surface area contributed by atoms with E-state index in [9.17, 15) is 4.79 Å². The summed E-state index contributed by atoms with van der Waals surface area (Å²) < 4.78 is 7.38. The van der Waals surface area contributed by atoms with Crippen LogP contribution in [0.5, 0.6) is 5.75 Å². The molecule has 0 aliphatic rings. The first kappa shape index (κ1) is 16.3. The van der Waals surface area contributed by atoms with Crippen molar-refractivity contribution in [2.45, 2.75) is 12.1 Å². The maximum absolute atomic E-state index is 12.4. The van der Waals surface area contributed by atoms with Gasteiger partial charge in [0.15, 0.2) is 10.9 Å². The van der Waals surface area contributed by atoms with Gasteiger partial charge in [0, 0.05) is 23.6 Å². The van der Waals surface area contributed by atoms with Crippen LogP contribution >= 0.6 is 11.8 Å². The highest BCUT2D eigenvalue weighted by Crippen LogP contribution is 2.22. The average molecular weight is 338 g/mol. The molecule has 4 nitrogen and oxygen atoms in total. The van der Waals surface area contributed by atoms with Crippen LogP contribution in [-0.2, 0) is 0 Å². The topological polar surface area (TPSA) is 44.1 Å². The number of aromatic nitrogens is 2. The van der Waals surface area contributed by atoms with Crippen molar-refractivity contribution in [3.63, 3.8) is 0 Å². The van der Waals surface area contributed by atoms with Crippen molar-refractivity contribution in [2.75, 3.05) is 12.4 Å². The van der Waals surface area contributed by atoms with E-state index in [0.717, 1.165) is 16.6 Å². The Morgan fingerprint density at radius 1 is 1.12 bits per heavy atom. The van der Waals surface area contributed by atoms with Crippen LogP contribution in [0.4, 0.5) is 0 Å². The molecule has 0 spiro atoms. The van der Waals surface area contributed by atoms with Crippen LogP contribution in [0, 0.1) is 0 Å². The number of para-hydroxylation sites is 1. The van der Waals surface area contributed by atoms with Crippen molar-refractivity contribution in [1.29, 1.82) is 0 Å². The quantitative estimate of drug-likeness (QED) is 0.477. The van der Waals surface area contributed by atoms with Gasteiger partial charge in [-0.15, -0.1) is 0 Å². The van der Waals surface area contributed by atoms with Gasteiger partial charge in [0.25, 0.3) is 0 Å². The Morgan fingerprint density at radius 2 is 1.88 bits per heavy atom. The molecule has 0 saturated carbocycles. The summed E-state index contributed by atoms with van der Waals surface area (Å²) in [6, 6.07) is 17.2. The third kappa shape index (κ3) is 3.86. The minimum atomic E-state index is 0.0747. The van der Waals surface area contributed by atoms with Crippen LogP contribution in [0.15, 0.2) is 72.1 Å². The van der Waals surface area contributed by atoms with E-state index in [-0.39, 0.29) is 5.78 Å². The molecule has 0 fully saturated rings. The first-order chi connectivity index (χ1) is 11.8. The summed E-state index contributed by atoms with van der Waals surface area (Å²) in [6.45, 7) is 2.55. The molecule has 0 N–H and O–H groups in total. The van der Waals surface area contributed by atoms with E-state index < -0.39 is 0 Å². The standard InChI is InChI=1S/C19H18N2O2S/c1-2-23-17-10-8-15(9-11-17)18(22)14-24-19-20-12-13-21(19)16-6-4-3-5-7-16/h3-13H,2,14H2,1H3. The Balaban J connectivity index is 1.66. The number of ether oxygens (including phenoxy) is 1. The number of hydrogen-bond donors (Lipinski definition) is 0. The van der Waals surface area contributed by atoms with E-state index in [2.05, 4.69) is 4.98 Å². The molecule has 0 bridgehead atoms. The number of thioether (sulfide) groups is 1. The zero-order chi connectivity index (χ0) is 16.8. The van der Waals surface area contributed by atoms with Crippen molar-refractivity contribution in [1.82, 2.24) is 9.55 Å². The highest BCUT2D eigenvalue weighted by atomic mass is 32.2. The van der Waals surface area contributed by atoms with Gasteiger partial charge in [-0.1, -0.05) is 30.0 Å². The van der Waals surface area contributed by atoms with Crippen molar-refractivity contribution in [3.8, 4) is 11.4 Å². The molecule has 5 heteroatoms. The number of carbonyl (C=O) groups excluding carboxylic acids is 1. The average Bonchev–Trinajstić information content (AvgIpc) is 3.10. The summed E-state index contributed by atoms with van der Waals surface area (Å²) in [5.41, 5.74) is 1.72. The van der Waals surface area contributed by atoms with Gasteiger partial charge >= 0.3 is 0 Å². The van der Waals surface area contributed by atoms with Gasteiger partial charge in [-0.2, -0.15) is 0 Å². The summed E-state index contributed by atoms with van der Waals surface area (Å²) in [6.07, 6.45) is 3.65. The Kier molecular flexibility index (Phi) is 5.33. The number of rotatable bonds is 7. The SMILES string of the molecule is CCOc1ccc(C(=O)CSc2nccn2-c2ccccc2)cc1. The molecule has 24 heavy (non-hydrogen) atoms. The fourth-order valence-electron chi connectivity index (χ4n) is 2.30. The molecule has 122 valence electrons. The molecule has 0 aliphatic heterocycles. The minimum absolute atomic E-state index is 0.0747. The highest BCUT2D eigenvalue weighted by molar-refractivity contribution is 7.99. The van der Waals surface area contributed by atoms with E-state index in [0.29, 0.717) is 17.9 Å². The summed E-state index contributed by atoms with van der Waals surface area (Å²) in [5.74, 6) is 1.20. The lowest BCUT2D eigenvalue weighted by Crippen LogP contribution is -2.04. The van der Waals surface area contributed by atoms with E-state index in [4.69, 9.17) is 4.74 Å². The van der Waals surface area contributed by atoms with Crippen LogP contribution in [-0.4, -0.2) is 27.7 Å². The number of hydrogen-bond acceptors (Lipinski definition) is 4. The normalized spacial score (nSPS) is 10.5. The van der Waals surface area contributed by atoms with Gasteiger partial charge in [0.1, 0.15) is 5.75 Å². The van der Waals surface area contributed by atoms with Crippen LogP contribution < -0.4 is 4.74 Å². The molecular weight excluding hydrogens is 320 g/mol. The van der Waals surface area contributed by atoms with Gasteiger partial charge in [0.05, 0.1) is 12.4 Å². The summed E-state index contributed by atoms with van der Waals surface area (Å²) in [5, 5.41) is 0.806. The van der Waals surface area contributed by atoms with Crippen LogP contribution in [0.1, 0.15) is 17.3 Å². The molecule has 0 aliphatic carbocycles. The molecule has 3 rings (SSSR count). The molecule has 0 unspecified atom stereocenters. The zero-order valence-corrected chi connectivity index (χ0v) is 14.2. The van der Waals surface area contributed by atoms with Gasteiger partial charge < -0.3 is 4.74 Å². The number of nitrogens with zero attached hydrogens (tertiary/aromatic N) is 2. The highest BCUT2D eigenvalue weighted by Gasteiger charge is 2.11. The Bertz CT molecular complexity index is 798. The predicted molar refractivity (Wildman–Crippen MR) is 96.2 cm³/mol. The van der Waals surface area contributed by atoms with Gasteiger partial charge in [-0.25, -0.2) is 4.98 Å². The molecule has 0 atom stereocenters. The molecular formula is C19H18N2O2S. The fourth-order valence-corrected chi connectivity index (χ4v) is 3.17. The van der Waals surface area contributed by atoms with Gasteiger partial charge in [0.2, 0.25) is 0 Å². The number of benzene rings is 2. The summed E-state index contributed by atoms with van der Waals surface area (Å²) in [4.78, 5) is 16.7. The van der Waals surface area contributed by atoms with Gasteiger partial charge in [-0.3, -0.25) is 9.36 Å². The summed E-state index contributed by atoms with van der Waals surface area (Å²) >= 11 is 1.44. The Labute approximate surface area is 145 Å². The second-order valence-corrected chi connectivity index (χ2v) is 6.03. The lowest BCUT2D eigenvalue weighted by molar-refractivity contribution is 0.102. The third-order valence-corrected chi connectivity index (χ3v) is 4.43. The first-order valence-corrected chi connectivity index (χ1v) is 8.74. The Morgan fingerprint density at radius 3 is 2.58 bits per heavy atom. The predicted octanol–water partition coefficient (Wildman–Crippen LogP) is 4.25. The van der Waals surface area contributed by atoms with Crippen molar-refractivity contribution in [2.24, 2.45) is 0 Å². The van der Waals surface area contributed by atoms with Crippen molar-refractivity contribution < 1.29 is 9.53 Å². The second kappa shape index (κ2) is 7.84. The lowest BCUT2D eigenvalue weighted by atomic mass is 10.1. The Hall–Kier alpha value is -2.53. The number of carbonyl (C=O) groups is 1. The largest absolute Gasteiger partial charge is 0.494 e. The van der Waals surface area contributed by atoms with E-state index in [1.165, 1.54) is 11.8 Å². The fraction of sp³-hybridized carbons (Fsp3) is 0.158. The van der Waals surface area contributed by atoms with E-state index in [1.54, 1.807) is 18.3 Å². The van der Waals surface area contributed by atoms with Crippen LogP contribution in [0.2, 0.25) is 0 Å². The van der Waals surface area contributed by atoms with Crippen LogP contribution in [0.3, 0.4) is 0 Å². The smallest absolute Gasteiger partial charge is 0.173 e. The monoisotopic (exact) mass is 338 g/mol. The second-order valence-electron chi connectivity index (χ2n) is 5.08. The van der Waals surface area contributed by atoms with Gasteiger partial charge in [-0.05, 0) is 43.3 Å². The molecule has 0 saturated heterocycles. The molecule has 0 amide bonds. The lowest BCUT2D eigenvalue weighted by Gasteiger charge is -2.07. The maximum atomic E-state index is 12.4. The molecule has 1 aromatic heterocycles.